The lowest BCUT2D eigenvalue weighted by Gasteiger charge is -2.28. The van der Waals surface area contributed by atoms with Crippen LogP contribution in [0.2, 0.25) is 0 Å². The molecule has 19 heavy (non-hydrogen) atoms. The molecule has 0 aromatic heterocycles. The Balaban J connectivity index is 1.84. The lowest BCUT2D eigenvalue weighted by atomic mass is 9.85. The van der Waals surface area contributed by atoms with Crippen molar-refractivity contribution >= 4 is 5.91 Å². The van der Waals surface area contributed by atoms with Gasteiger partial charge in [-0.3, -0.25) is 9.69 Å². The number of carbonyl (C=O) groups excluding carboxylic acids is 1. The quantitative estimate of drug-likeness (QED) is 0.852. The maximum absolute atomic E-state index is 12.3. The van der Waals surface area contributed by atoms with Crippen LogP contribution in [0.25, 0.3) is 0 Å². The molecule has 0 aromatic carbocycles. The molecule has 1 aliphatic carbocycles. The Hall–Kier alpha value is -0.570. The summed E-state index contributed by atoms with van der Waals surface area (Å²) in [7, 11) is 0. The Morgan fingerprint density at radius 1 is 1.16 bits per heavy atom. The third kappa shape index (κ3) is 4.20. The van der Waals surface area contributed by atoms with Gasteiger partial charge in [0.1, 0.15) is 0 Å². The van der Waals surface area contributed by atoms with Crippen LogP contribution < -0.4 is 5.32 Å². The van der Waals surface area contributed by atoms with Crippen molar-refractivity contribution in [3.63, 3.8) is 0 Å². The van der Waals surface area contributed by atoms with Crippen LogP contribution in [-0.4, -0.2) is 36.0 Å². The van der Waals surface area contributed by atoms with E-state index in [0.717, 1.165) is 13.1 Å². The normalized spacial score (nSPS) is 26.9. The van der Waals surface area contributed by atoms with E-state index in [1.54, 1.807) is 0 Å². The van der Waals surface area contributed by atoms with Crippen LogP contribution in [0.15, 0.2) is 0 Å². The van der Waals surface area contributed by atoms with Gasteiger partial charge < -0.3 is 5.32 Å². The summed E-state index contributed by atoms with van der Waals surface area (Å²) in [6.07, 6.45) is 8.59. The molecule has 1 amide bonds. The van der Waals surface area contributed by atoms with Gasteiger partial charge in [0.25, 0.3) is 0 Å². The molecule has 1 saturated carbocycles. The summed E-state index contributed by atoms with van der Waals surface area (Å²) in [5, 5.41) is 3.24. The Morgan fingerprint density at radius 2 is 1.84 bits per heavy atom. The second-order valence-corrected chi connectivity index (χ2v) is 7.22. The zero-order valence-electron chi connectivity index (χ0n) is 12.9. The average Bonchev–Trinajstić information content (AvgIpc) is 2.78. The molecular formula is C16H30N2O. The van der Waals surface area contributed by atoms with Crippen molar-refractivity contribution in [2.45, 2.75) is 77.8 Å². The van der Waals surface area contributed by atoms with Crippen molar-refractivity contribution in [1.82, 2.24) is 10.2 Å². The molecule has 1 N–H and O–H groups in total. The first kappa shape index (κ1) is 14.8. The van der Waals surface area contributed by atoms with Gasteiger partial charge in [-0.15, -0.1) is 0 Å². The molecule has 1 atom stereocenters. The number of hydrogen-bond donors (Lipinski definition) is 1. The van der Waals surface area contributed by atoms with Gasteiger partial charge in [0.05, 0.1) is 6.04 Å². The maximum Gasteiger partial charge on any atom is 0.237 e. The van der Waals surface area contributed by atoms with Crippen LogP contribution in [0, 0.1) is 5.41 Å². The Labute approximate surface area is 118 Å². The van der Waals surface area contributed by atoms with Crippen LogP contribution >= 0.6 is 0 Å². The smallest absolute Gasteiger partial charge is 0.237 e. The molecule has 3 heteroatoms. The van der Waals surface area contributed by atoms with Crippen LogP contribution in [0.1, 0.15) is 65.7 Å². The molecule has 0 unspecified atom stereocenters. The van der Waals surface area contributed by atoms with E-state index in [1.165, 1.54) is 44.9 Å². The highest BCUT2D eigenvalue weighted by Crippen LogP contribution is 2.30. The Kier molecular flexibility index (Phi) is 4.88. The lowest BCUT2D eigenvalue weighted by molar-refractivity contribution is -0.126. The summed E-state index contributed by atoms with van der Waals surface area (Å²) in [4.78, 5) is 14.7. The highest BCUT2D eigenvalue weighted by molar-refractivity contribution is 5.81. The number of nitrogens with zero attached hydrogens (tertiary/aromatic N) is 1. The molecule has 2 fully saturated rings. The van der Waals surface area contributed by atoms with Gasteiger partial charge in [-0.2, -0.15) is 0 Å². The number of hydrogen-bond acceptors (Lipinski definition) is 2. The van der Waals surface area contributed by atoms with E-state index < -0.39 is 0 Å². The largest absolute Gasteiger partial charge is 0.352 e. The van der Waals surface area contributed by atoms with Crippen LogP contribution in [0.5, 0.6) is 0 Å². The van der Waals surface area contributed by atoms with Gasteiger partial charge >= 0.3 is 0 Å². The number of nitrogens with one attached hydrogen (secondary N) is 1. The van der Waals surface area contributed by atoms with Crippen LogP contribution in [0.4, 0.5) is 0 Å². The summed E-state index contributed by atoms with van der Waals surface area (Å²) in [5.74, 6) is 0.242. The summed E-state index contributed by atoms with van der Waals surface area (Å²) in [5.41, 5.74) is 0.441. The van der Waals surface area contributed by atoms with E-state index in [4.69, 9.17) is 0 Å². The topological polar surface area (TPSA) is 32.3 Å². The SMILES string of the molecule is C[C@@H](C(=O)NC1CCCC1)N1CCCC(C)(C)CC1. The zero-order chi connectivity index (χ0) is 13.9. The van der Waals surface area contributed by atoms with Crippen molar-refractivity contribution in [2.75, 3.05) is 13.1 Å². The molecule has 0 spiro atoms. The minimum atomic E-state index is 0.0366. The Bertz CT molecular complexity index is 308. The third-order valence-electron chi connectivity index (χ3n) is 5.00. The van der Waals surface area contributed by atoms with E-state index in [0.29, 0.717) is 11.5 Å². The standard InChI is InChI=1S/C16H30N2O/c1-13(15(19)17-14-7-4-5-8-14)18-11-6-9-16(2,3)10-12-18/h13-14H,4-12H2,1-3H3,(H,17,19)/t13-/m0/s1. The summed E-state index contributed by atoms with van der Waals surface area (Å²) < 4.78 is 0. The van der Waals surface area contributed by atoms with E-state index in [-0.39, 0.29) is 11.9 Å². The maximum atomic E-state index is 12.3. The van der Waals surface area contributed by atoms with Gasteiger partial charge in [0, 0.05) is 6.04 Å². The first-order chi connectivity index (χ1) is 8.98. The lowest BCUT2D eigenvalue weighted by Crippen LogP contribution is -2.48. The van der Waals surface area contributed by atoms with E-state index in [2.05, 4.69) is 31.0 Å². The molecule has 3 nitrogen and oxygen atoms in total. The van der Waals surface area contributed by atoms with Crippen molar-refractivity contribution in [1.29, 1.82) is 0 Å². The molecule has 0 bridgehead atoms. The molecule has 1 heterocycles. The second-order valence-electron chi connectivity index (χ2n) is 7.22. The minimum Gasteiger partial charge on any atom is -0.352 e. The molecule has 1 saturated heterocycles. The fourth-order valence-corrected chi connectivity index (χ4v) is 3.39. The molecule has 2 aliphatic rings. The monoisotopic (exact) mass is 266 g/mol. The van der Waals surface area contributed by atoms with Crippen LogP contribution in [-0.2, 0) is 4.79 Å². The summed E-state index contributed by atoms with van der Waals surface area (Å²) in [6.45, 7) is 8.90. The highest BCUT2D eigenvalue weighted by atomic mass is 16.2. The molecule has 2 rings (SSSR count). The van der Waals surface area contributed by atoms with Gasteiger partial charge in [-0.05, 0) is 57.5 Å². The molecule has 0 radical (unpaired) electrons. The summed E-state index contributed by atoms with van der Waals surface area (Å²) >= 11 is 0. The van der Waals surface area contributed by atoms with Gasteiger partial charge in [0.15, 0.2) is 0 Å². The molecule has 0 aromatic rings. The first-order valence-corrected chi connectivity index (χ1v) is 8.02. The molecule has 110 valence electrons. The fourth-order valence-electron chi connectivity index (χ4n) is 3.39. The summed E-state index contributed by atoms with van der Waals surface area (Å²) in [6, 6.07) is 0.480. The Morgan fingerprint density at radius 3 is 2.53 bits per heavy atom. The predicted molar refractivity (Wildman–Crippen MR) is 79.1 cm³/mol. The van der Waals surface area contributed by atoms with E-state index >= 15 is 0 Å². The number of amides is 1. The van der Waals surface area contributed by atoms with Crippen molar-refractivity contribution in [2.24, 2.45) is 5.41 Å². The first-order valence-electron chi connectivity index (χ1n) is 8.02. The number of carbonyl (C=O) groups is 1. The number of rotatable bonds is 3. The average molecular weight is 266 g/mol. The third-order valence-corrected chi connectivity index (χ3v) is 5.00. The number of likely N-dealkylation sites (tertiary alicyclic amines) is 1. The second kappa shape index (κ2) is 6.25. The molecule has 1 aliphatic heterocycles. The van der Waals surface area contributed by atoms with Gasteiger partial charge in [0.2, 0.25) is 5.91 Å². The van der Waals surface area contributed by atoms with E-state index in [1.807, 2.05) is 0 Å². The van der Waals surface area contributed by atoms with Gasteiger partial charge in [-0.25, -0.2) is 0 Å². The highest BCUT2D eigenvalue weighted by Gasteiger charge is 2.29. The van der Waals surface area contributed by atoms with Crippen molar-refractivity contribution in [3.05, 3.63) is 0 Å². The van der Waals surface area contributed by atoms with E-state index in [9.17, 15) is 4.79 Å². The minimum absolute atomic E-state index is 0.0366. The molecular weight excluding hydrogens is 236 g/mol. The van der Waals surface area contributed by atoms with Crippen LogP contribution in [0.3, 0.4) is 0 Å². The van der Waals surface area contributed by atoms with Crippen molar-refractivity contribution < 1.29 is 4.79 Å². The van der Waals surface area contributed by atoms with Crippen molar-refractivity contribution in [3.8, 4) is 0 Å². The predicted octanol–water partition coefficient (Wildman–Crippen LogP) is 2.95. The van der Waals surface area contributed by atoms with Gasteiger partial charge in [-0.1, -0.05) is 26.7 Å². The zero-order valence-corrected chi connectivity index (χ0v) is 12.9. The fraction of sp³-hybridized carbons (Fsp3) is 0.938.